The maximum Gasteiger partial charge on any atom is 0.229 e. The van der Waals surface area contributed by atoms with Crippen LogP contribution in [0.3, 0.4) is 0 Å². The van der Waals surface area contributed by atoms with Crippen molar-refractivity contribution in [2.24, 2.45) is 5.92 Å². The Morgan fingerprint density at radius 2 is 2.14 bits per heavy atom. The number of amides is 1. The third-order valence-electron chi connectivity index (χ3n) is 4.85. The number of fused-ring (bicyclic) bond motifs is 1. The summed E-state index contributed by atoms with van der Waals surface area (Å²) in [6.07, 6.45) is 4.09. The fourth-order valence-electron chi connectivity index (χ4n) is 3.21. The van der Waals surface area contributed by atoms with Crippen LogP contribution in [-0.4, -0.2) is 36.4 Å². The highest BCUT2D eigenvalue weighted by Crippen LogP contribution is 2.27. The van der Waals surface area contributed by atoms with E-state index in [1.165, 1.54) is 19.2 Å². The molecule has 2 N–H and O–H groups in total. The lowest BCUT2D eigenvalue weighted by molar-refractivity contribution is -0.119. The van der Waals surface area contributed by atoms with E-state index in [0.717, 1.165) is 5.56 Å². The van der Waals surface area contributed by atoms with Crippen molar-refractivity contribution in [2.45, 2.75) is 6.42 Å². The molecular formula is C21H19F2N3O3. The van der Waals surface area contributed by atoms with Gasteiger partial charge in [0.05, 0.1) is 36.5 Å². The molecule has 1 saturated heterocycles. The molecule has 2 heterocycles. The second-order valence-electron chi connectivity index (χ2n) is 6.76. The molecule has 0 aliphatic carbocycles. The van der Waals surface area contributed by atoms with E-state index in [9.17, 15) is 13.6 Å². The number of ether oxygens (including phenoxy) is 2. The predicted molar refractivity (Wildman–Crippen MR) is 105 cm³/mol. The zero-order valence-electron chi connectivity index (χ0n) is 15.7. The van der Waals surface area contributed by atoms with Crippen LogP contribution >= 0.6 is 0 Å². The Balaban J connectivity index is 1.61. The molecule has 4 rings (SSSR count). The minimum Gasteiger partial charge on any atom is -0.494 e. The molecule has 1 fully saturated rings. The first kappa shape index (κ1) is 19.1. The highest BCUT2D eigenvalue weighted by Gasteiger charge is 2.24. The van der Waals surface area contributed by atoms with E-state index >= 15 is 0 Å². The van der Waals surface area contributed by atoms with Gasteiger partial charge in [-0.1, -0.05) is 12.1 Å². The van der Waals surface area contributed by atoms with Crippen molar-refractivity contribution < 1.29 is 23.0 Å². The highest BCUT2D eigenvalue weighted by atomic mass is 19.1. The Morgan fingerprint density at radius 3 is 2.90 bits per heavy atom. The van der Waals surface area contributed by atoms with Gasteiger partial charge in [-0.2, -0.15) is 5.10 Å². The zero-order valence-corrected chi connectivity index (χ0v) is 15.7. The molecule has 1 aliphatic rings. The van der Waals surface area contributed by atoms with Gasteiger partial charge in [-0.25, -0.2) is 8.78 Å². The number of carbonyl (C=O) groups is 1. The van der Waals surface area contributed by atoms with Crippen molar-refractivity contribution in [1.82, 2.24) is 10.2 Å². The number of aromatic nitrogens is 2. The highest BCUT2D eigenvalue weighted by molar-refractivity contribution is 5.97. The van der Waals surface area contributed by atoms with Crippen LogP contribution in [0.15, 0.2) is 30.3 Å². The molecule has 0 bridgehead atoms. The molecule has 150 valence electrons. The number of hydrogen-bond acceptors (Lipinski definition) is 4. The lowest BCUT2D eigenvalue weighted by Gasteiger charge is -2.10. The van der Waals surface area contributed by atoms with Crippen molar-refractivity contribution >= 4 is 34.6 Å². The molecule has 6 nitrogen and oxygen atoms in total. The van der Waals surface area contributed by atoms with E-state index < -0.39 is 11.6 Å². The smallest absolute Gasteiger partial charge is 0.229 e. The van der Waals surface area contributed by atoms with Crippen LogP contribution in [0, 0.1) is 17.6 Å². The maximum absolute atomic E-state index is 14.4. The van der Waals surface area contributed by atoms with E-state index in [4.69, 9.17) is 9.47 Å². The van der Waals surface area contributed by atoms with E-state index in [-0.39, 0.29) is 23.3 Å². The fourth-order valence-corrected chi connectivity index (χ4v) is 3.21. The molecule has 0 spiro atoms. The Labute approximate surface area is 165 Å². The summed E-state index contributed by atoms with van der Waals surface area (Å²) < 4.78 is 38.1. The van der Waals surface area contributed by atoms with E-state index in [1.54, 1.807) is 30.4 Å². The van der Waals surface area contributed by atoms with Gasteiger partial charge in [-0.3, -0.25) is 9.89 Å². The first-order valence-corrected chi connectivity index (χ1v) is 9.13. The number of rotatable bonds is 5. The van der Waals surface area contributed by atoms with Crippen LogP contribution < -0.4 is 10.1 Å². The Bertz CT molecular complexity index is 1090. The summed E-state index contributed by atoms with van der Waals surface area (Å²) in [7, 11) is 1.40. The molecule has 1 amide bonds. The second kappa shape index (κ2) is 8.00. The summed E-state index contributed by atoms with van der Waals surface area (Å²) in [6.45, 7) is 0.876. The van der Waals surface area contributed by atoms with Gasteiger partial charge in [0.2, 0.25) is 5.91 Å². The first-order chi connectivity index (χ1) is 14.0. The monoisotopic (exact) mass is 399 g/mol. The molecule has 1 atom stereocenters. The van der Waals surface area contributed by atoms with Gasteiger partial charge < -0.3 is 14.8 Å². The van der Waals surface area contributed by atoms with E-state index in [2.05, 4.69) is 15.5 Å². The minimum atomic E-state index is -0.549. The zero-order chi connectivity index (χ0) is 20.4. The van der Waals surface area contributed by atoms with Crippen LogP contribution in [0.25, 0.3) is 23.1 Å². The molecule has 1 aliphatic heterocycles. The fraction of sp³-hybridized carbons (Fsp3) is 0.238. The number of anilines is 1. The minimum absolute atomic E-state index is 0.0916. The number of benzene rings is 2. The molecule has 1 aromatic heterocycles. The summed E-state index contributed by atoms with van der Waals surface area (Å²) in [5.74, 6) is -1.39. The Morgan fingerprint density at radius 1 is 1.28 bits per heavy atom. The molecule has 0 radical (unpaired) electrons. The molecule has 1 unspecified atom stereocenters. The largest absolute Gasteiger partial charge is 0.494 e. The lowest BCUT2D eigenvalue weighted by atomic mass is 10.1. The van der Waals surface area contributed by atoms with Crippen LogP contribution in [0.1, 0.15) is 17.7 Å². The van der Waals surface area contributed by atoms with Gasteiger partial charge in [0.15, 0.2) is 11.6 Å². The van der Waals surface area contributed by atoms with Crippen molar-refractivity contribution in [1.29, 1.82) is 0 Å². The predicted octanol–water partition coefficient (Wildman–Crippen LogP) is 4.00. The van der Waals surface area contributed by atoms with Crippen molar-refractivity contribution in [3.63, 3.8) is 0 Å². The van der Waals surface area contributed by atoms with Gasteiger partial charge >= 0.3 is 0 Å². The number of H-pyrrole nitrogens is 1. The van der Waals surface area contributed by atoms with E-state index in [0.29, 0.717) is 36.2 Å². The number of hydrogen-bond donors (Lipinski definition) is 2. The summed E-state index contributed by atoms with van der Waals surface area (Å²) >= 11 is 0. The number of halogens is 2. The molecule has 8 heteroatoms. The average Bonchev–Trinajstić information content (AvgIpc) is 3.38. The third kappa shape index (κ3) is 3.97. The quantitative estimate of drug-likeness (QED) is 0.680. The van der Waals surface area contributed by atoms with Gasteiger partial charge in [-0.05, 0) is 36.3 Å². The number of carbonyl (C=O) groups excluding carboxylic acids is 1. The topological polar surface area (TPSA) is 76.2 Å². The van der Waals surface area contributed by atoms with E-state index in [1.807, 2.05) is 0 Å². The Hall–Kier alpha value is -3.26. The number of nitrogens with zero attached hydrogens (tertiary/aromatic N) is 1. The summed E-state index contributed by atoms with van der Waals surface area (Å²) in [4.78, 5) is 12.3. The molecule has 2 aromatic carbocycles. The van der Waals surface area contributed by atoms with Gasteiger partial charge in [-0.15, -0.1) is 0 Å². The molecular weight excluding hydrogens is 380 g/mol. The van der Waals surface area contributed by atoms with Crippen molar-refractivity contribution in [3.05, 3.63) is 53.2 Å². The Kier molecular flexibility index (Phi) is 5.26. The maximum atomic E-state index is 14.4. The SMILES string of the molecule is COc1cc(/C=C/c2n[nH]c3cc(F)c(NC(=O)C4CCOC4)cc23)ccc1F. The standard InChI is InChI=1S/C21H19F2N3O3/c1-28-20-8-12(2-4-15(20)22)3-5-17-14-9-19(16(23)10-18(14)26-25-17)24-21(27)13-6-7-29-11-13/h2-5,8-10,13H,6-7,11H2,1H3,(H,24,27)(H,25,26)/b5-3+. The van der Waals surface area contributed by atoms with Gasteiger partial charge in [0.1, 0.15) is 5.82 Å². The van der Waals surface area contributed by atoms with Crippen molar-refractivity contribution in [2.75, 3.05) is 25.6 Å². The van der Waals surface area contributed by atoms with Crippen LogP contribution in [0.5, 0.6) is 5.75 Å². The molecule has 0 saturated carbocycles. The van der Waals surface area contributed by atoms with Crippen molar-refractivity contribution in [3.8, 4) is 5.75 Å². The van der Waals surface area contributed by atoms with Crippen LogP contribution in [-0.2, 0) is 9.53 Å². The normalized spacial score (nSPS) is 16.6. The van der Waals surface area contributed by atoms with Crippen LogP contribution in [0.2, 0.25) is 0 Å². The number of methoxy groups -OCH3 is 1. The summed E-state index contributed by atoms with van der Waals surface area (Å²) in [5, 5.41) is 10.3. The average molecular weight is 399 g/mol. The second-order valence-corrected chi connectivity index (χ2v) is 6.76. The van der Waals surface area contributed by atoms with Gasteiger partial charge in [0.25, 0.3) is 0 Å². The lowest BCUT2D eigenvalue weighted by Crippen LogP contribution is -2.23. The van der Waals surface area contributed by atoms with Crippen LogP contribution in [0.4, 0.5) is 14.5 Å². The number of nitrogens with one attached hydrogen (secondary N) is 2. The molecule has 3 aromatic rings. The third-order valence-corrected chi connectivity index (χ3v) is 4.85. The summed E-state index contributed by atoms with van der Waals surface area (Å²) in [6, 6.07) is 7.33. The first-order valence-electron chi connectivity index (χ1n) is 9.13. The molecule has 29 heavy (non-hydrogen) atoms. The number of aromatic amines is 1. The van der Waals surface area contributed by atoms with Gasteiger partial charge in [0, 0.05) is 18.1 Å². The summed E-state index contributed by atoms with van der Waals surface area (Å²) in [5.41, 5.74) is 1.87.